The fraction of sp³-hybridized carbons (Fsp3) is 0.176. The van der Waals surface area contributed by atoms with E-state index in [-0.39, 0.29) is 0 Å². The molecule has 0 fully saturated rings. The van der Waals surface area contributed by atoms with Gasteiger partial charge in [0.15, 0.2) is 11.0 Å². The van der Waals surface area contributed by atoms with Crippen LogP contribution in [0.4, 0.5) is 0 Å². The Balaban J connectivity index is 2.23. The highest BCUT2D eigenvalue weighted by molar-refractivity contribution is 7.98. The molecule has 1 heterocycles. The summed E-state index contributed by atoms with van der Waals surface area (Å²) in [5.74, 6) is 1.88. The van der Waals surface area contributed by atoms with Gasteiger partial charge in [0.05, 0.1) is 30.5 Å². The molecule has 8 heteroatoms. The molecule has 0 N–H and O–H groups in total. The van der Waals surface area contributed by atoms with Crippen molar-refractivity contribution in [3.8, 4) is 28.6 Å². The van der Waals surface area contributed by atoms with Gasteiger partial charge in [-0.05, 0) is 42.7 Å². The lowest BCUT2D eigenvalue weighted by Crippen LogP contribution is -2.01. The molecule has 3 aromatic rings. The Morgan fingerprint density at radius 2 is 1.68 bits per heavy atom. The van der Waals surface area contributed by atoms with E-state index in [1.807, 2.05) is 23.0 Å². The molecule has 0 spiro atoms. The molecular formula is C17H15Cl2N3O2S. The summed E-state index contributed by atoms with van der Waals surface area (Å²) in [6.07, 6.45) is 1.94. The molecule has 1 aromatic heterocycles. The molecule has 0 aliphatic rings. The molecular weight excluding hydrogens is 381 g/mol. The Bertz CT molecular complexity index is 915. The van der Waals surface area contributed by atoms with Crippen molar-refractivity contribution in [1.82, 2.24) is 14.8 Å². The maximum absolute atomic E-state index is 6.29. The first-order chi connectivity index (χ1) is 12.1. The number of methoxy groups -OCH3 is 2. The van der Waals surface area contributed by atoms with Crippen molar-refractivity contribution in [2.24, 2.45) is 0 Å². The Morgan fingerprint density at radius 3 is 2.32 bits per heavy atom. The molecule has 0 saturated heterocycles. The van der Waals surface area contributed by atoms with Crippen molar-refractivity contribution in [2.75, 3.05) is 20.5 Å². The third-order valence-electron chi connectivity index (χ3n) is 3.61. The predicted molar refractivity (Wildman–Crippen MR) is 102 cm³/mol. The Hall–Kier alpha value is -1.89. The van der Waals surface area contributed by atoms with Crippen molar-refractivity contribution in [2.45, 2.75) is 5.16 Å². The quantitative estimate of drug-likeness (QED) is 0.570. The second-order valence-corrected chi connectivity index (χ2v) is 6.63. The Labute approximate surface area is 159 Å². The van der Waals surface area contributed by atoms with Crippen molar-refractivity contribution >= 4 is 35.0 Å². The second kappa shape index (κ2) is 7.56. The second-order valence-electron chi connectivity index (χ2n) is 5.01. The average Bonchev–Trinajstić information content (AvgIpc) is 3.05. The largest absolute Gasteiger partial charge is 0.496 e. The van der Waals surface area contributed by atoms with Crippen molar-refractivity contribution < 1.29 is 9.47 Å². The molecule has 0 aliphatic carbocycles. The summed E-state index contributed by atoms with van der Waals surface area (Å²) in [6, 6.07) is 10.9. The van der Waals surface area contributed by atoms with Gasteiger partial charge in [0, 0.05) is 5.02 Å². The van der Waals surface area contributed by atoms with E-state index < -0.39 is 0 Å². The third-order valence-corrected chi connectivity index (χ3v) is 4.77. The number of thioether (sulfide) groups is 1. The Kier molecular flexibility index (Phi) is 5.42. The molecule has 0 unspecified atom stereocenters. The zero-order chi connectivity index (χ0) is 18.0. The first-order valence-corrected chi connectivity index (χ1v) is 9.24. The summed E-state index contributed by atoms with van der Waals surface area (Å²) in [5, 5.41) is 10.4. The number of hydrogen-bond acceptors (Lipinski definition) is 5. The molecule has 0 saturated carbocycles. The standard InChI is InChI=1S/C17H15Cl2N3O2S/c1-23-14-6-4-10(18)8-12(14)16-20-21-17(25-3)22(16)11-5-7-15(24-2)13(19)9-11/h4-9H,1-3H3. The van der Waals surface area contributed by atoms with E-state index in [1.165, 1.54) is 11.8 Å². The highest BCUT2D eigenvalue weighted by atomic mass is 35.5. The summed E-state index contributed by atoms with van der Waals surface area (Å²) in [7, 11) is 3.18. The topological polar surface area (TPSA) is 49.2 Å². The normalized spacial score (nSPS) is 10.8. The maximum atomic E-state index is 6.29. The predicted octanol–water partition coefficient (Wildman–Crippen LogP) is 4.98. The number of nitrogens with zero attached hydrogens (tertiary/aromatic N) is 3. The highest BCUT2D eigenvalue weighted by Gasteiger charge is 2.19. The van der Waals surface area contributed by atoms with E-state index in [4.69, 9.17) is 32.7 Å². The van der Waals surface area contributed by atoms with E-state index in [2.05, 4.69) is 10.2 Å². The fourth-order valence-corrected chi connectivity index (χ4v) is 3.38. The van der Waals surface area contributed by atoms with Gasteiger partial charge >= 0.3 is 0 Å². The average molecular weight is 396 g/mol. The van der Waals surface area contributed by atoms with Crippen LogP contribution in [0.2, 0.25) is 10.0 Å². The summed E-state index contributed by atoms with van der Waals surface area (Å²) < 4.78 is 12.6. The van der Waals surface area contributed by atoms with Gasteiger partial charge < -0.3 is 9.47 Å². The van der Waals surface area contributed by atoms with Gasteiger partial charge in [-0.3, -0.25) is 4.57 Å². The van der Waals surface area contributed by atoms with E-state index in [0.29, 0.717) is 27.4 Å². The van der Waals surface area contributed by atoms with Crippen molar-refractivity contribution in [1.29, 1.82) is 0 Å². The van der Waals surface area contributed by atoms with Crippen LogP contribution in [0.1, 0.15) is 0 Å². The number of rotatable bonds is 5. The smallest absolute Gasteiger partial charge is 0.195 e. The summed E-state index contributed by atoms with van der Waals surface area (Å²) in [6.45, 7) is 0. The van der Waals surface area contributed by atoms with Crippen LogP contribution in [-0.4, -0.2) is 35.2 Å². The van der Waals surface area contributed by atoms with Crippen LogP contribution in [0.5, 0.6) is 11.5 Å². The molecule has 0 amide bonds. The number of aromatic nitrogens is 3. The molecule has 0 radical (unpaired) electrons. The van der Waals surface area contributed by atoms with Crippen LogP contribution in [0.15, 0.2) is 41.6 Å². The summed E-state index contributed by atoms with van der Waals surface area (Å²) in [4.78, 5) is 0. The molecule has 0 bridgehead atoms. The van der Waals surface area contributed by atoms with Gasteiger partial charge in [0.2, 0.25) is 0 Å². The minimum absolute atomic E-state index is 0.504. The molecule has 130 valence electrons. The number of halogens is 2. The van der Waals surface area contributed by atoms with E-state index in [0.717, 1.165) is 16.4 Å². The molecule has 3 rings (SSSR count). The van der Waals surface area contributed by atoms with E-state index in [1.54, 1.807) is 38.5 Å². The number of hydrogen-bond donors (Lipinski definition) is 0. The van der Waals surface area contributed by atoms with Crippen LogP contribution in [0.3, 0.4) is 0 Å². The van der Waals surface area contributed by atoms with Crippen LogP contribution >= 0.6 is 35.0 Å². The Morgan fingerprint density at radius 1 is 0.960 bits per heavy atom. The highest BCUT2D eigenvalue weighted by Crippen LogP contribution is 2.36. The summed E-state index contributed by atoms with van der Waals surface area (Å²) in [5.41, 5.74) is 1.56. The lowest BCUT2D eigenvalue weighted by atomic mass is 10.2. The molecule has 0 atom stereocenters. The first kappa shape index (κ1) is 17.9. The van der Waals surface area contributed by atoms with Crippen molar-refractivity contribution in [3.05, 3.63) is 46.4 Å². The van der Waals surface area contributed by atoms with Crippen LogP contribution < -0.4 is 9.47 Å². The van der Waals surface area contributed by atoms with Gasteiger partial charge in [-0.15, -0.1) is 10.2 Å². The van der Waals surface area contributed by atoms with Crippen LogP contribution in [0.25, 0.3) is 17.1 Å². The van der Waals surface area contributed by atoms with Gasteiger partial charge in [0.25, 0.3) is 0 Å². The van der Waals surface area contributed by atoms with Gasteiger partial charge in [-0.25, -0.2) is 0 Å². The monoisotopic (exact) mass is 395 g/mol. The molecule has 0 aliphatic heterocycles. The third kappa shape index (κ3) is 3.42. The molecule has 5 nitrogen and oxygen atoms in total. The maximum Gasteiger partial charge on any atom is 0.195 e. The fourth-order valence-electron chi connectivity index (χ4n) is 2.46. The first-order valence-electron chi connectivity index (χ1n) is 7.26. The number of benzene rings is 2. The molecule has 2 aromatic carbocycles. The lowest BCUT2D eigenvalue weighted by Gasteiger charge is -2.13. The van der Waals surface area contributed by atoms with Gasteiger partial charge in [-0.2, -0.15) is 0 Å². The van der Waals surface area contributed by atoms with Crippen LogP contribution in [0, 0.1) is 0 Å². The summed E-state index contributed by atoms with van der Waals surface area (Å²) >= 11 is 13.9. The van der Waals surface area contributed by atoms with Crippen LogP contribution in [-0.2, 0) is 0 Å². The van der Waals surface area contributed by atoms with Crippen molar-refractivity contribution in [3.63, 3.8) is 0 Å². The van der Waals surface area contributed by atoms with E-state index >= 15 is 0 Å². The molecule has 25 heavy (non-hydrogen) atoms. The van der Waals surface area contributed by atoms with Gasteiger partial charge in [-0.1, -0.05) is 35.0 Å². The zero-order valence-corrected chi connectivity index (χ0v) is 16.1. The minimum Gasteiger partial charge on any atom is -0.496 e. The lowest BCUT2D eigenvalue weighted by molar-refractivity contribution is 0.415. The van der Waals surface area contributed by atoms with Gasteiger partial charge in [0.1, 0.15) is 11.5 Å². The number of ether oxygens (including phenoxy) is 2. The van der Waals surface area contributed by atoms with E-state index in [9.17, 15) is 0 Å². The SMILES string of the molecule is COc1ccc(-n2c(SC)nnc2-c2cc(Cl)ccc2OC)cc1Cl. The minimum atomic E-state index is 0.504. The zero-order valence-electron chi connectivity index (χ0n) is 13.8.